The summed E-state index contributed by atoms with van der Waals surface area (Å²) in [7, 11) is 0. The Labute approximate surface area is 200 Å². The highest BCUT2D eigenvalue weighted by Gasteiger charge is 2.37. The van der Waals surface area contributed by atoms with E-state index in [-0.39, 0.29) is 10.8 Å². The van der Waals surface area contributed by atoms with Crippen molar-refractivity contribution in [1.82, 2.24) is 9.55 Å². The fourth-order valence-electron chi connectivity index (χ4n) is 6.28. The van der Waals surface area contributed by atoms with E-state index in [2.05, 4.69) is 116 Å². The molecule has 34 heavy (non-hydrogen) atoms. The predicted molar refractivity (Wildman–Crippen MR) is 145 cm³/mol. The van der Waals surface area contributed by atoms with E-state index in [1.165, 1.54) is 73.3 Å². The zero-order valence-corrected chi connectivity index (χ0v) is 20.4. The van der Waals surface area contributed by atoms with Crippen molar-refractivity contribution in [2.45, 2.75) is 51.4 Å². The number of nitrogens with zero attached hydrogens (tertiary/aromatic N) is 1. The summed E-state index contributed by atoms with van der Waals surface area (Å²) in [5, 5.41) is 5.24. The van der Waals surface area contributed by atoms with E-state index >= 15 is 0 Å². The molecule has 0 radical (unpaired) electrons. The van der Waals surface area contributed by atoms with Gasteiger partial charge in [-0.05, 0) is 77.3 Å². The maximum atomic E-state index is 3.79. The summed E-state index contributed by atoms with van der Waals surface area (Å²) in [6.45, 7) is 9.62. The second kappa shape index (κ2) is 6.54. The highest BCUT2D eigenvalue weighted by atomic mass is 15.0. The summed E-state index contributed by atoms with van der Waals surface area (Å²) in [6.07, 6.45) is 2.46. The minimum atomic E-state index is 0.200. The smallest absolute Gasteiger partial charge is 0.0548 e. The molecular weight excluding hydrogens is 412 g/mol. The second-order valence-corrected chi connectivity index (χ2v) is 11.4. The highest BCUT2D eigenvalue weighted by Crippen LogP contribution is 2.48. The van der Waals surface area contributed by atoms with Crippen molar-refractivity contribution in [2.24, 2.45) is 0 Å². The molecular formula is C32H30N2. The first-order valence-corrected chi connectivity index (χ1v) is 12.4. The Bertz CT molecular complexity index is 1740. The Morgan fingerprint density at radius 2 is 1.21 bits per heavy atom. The minimum Gasteiger partial charge on any atom is -0.354 e. The van der Waals surface area contributed by atoms with Crippen LogP contribution in [0.15, 0.2) is 78.9 Å². The van der Waals surface area contributed by atoms with Gasteiger partial charge in [-0.15, -0.1) is 0 Å². The molecule has 2 heterocycles. The van der Waals surface area contributed by atoms with Gasteiger partial charge in [-0.3, -0.25) is 0 Å². The zero-order valence-electron chi connectivity index (χ0n) is 20.4. The van der Waals surface area contributed by atoms with Crippen molar-refractivity contribution in [2.75, 3.05) is 0 Å². The second-order valence-electron chi connectivity index (χ2n) is 11.4. The summed E-state index contributed by atoms with van der Waals surface area (Å²) < 4.78 is 2.41. The molecule has 7 rings (SSSR count). The Balaban J connectivity index is 1.61. The number of hydrogen-bond donors (Lipinski definition) is 1. The average molecular weight is 443 g/mol. The van der Waals surface area contributed by atoms with Gasteiger partial charge in [0.1, 0.15) is 0 Å². The molecule has 0 amide bonds. The molecule has 6 aromatic rings. The van der Waals surface area contributed by atoms with Crippen molar-refractivity contribution in [3.63, 3.8) is 0 Å². The number of H-pyrrole nitrogens is 1. The molecule has 1 N–H and O–H groups in total. The van der Waals surface area contributed by atoms with E-state index < -0.39 is 0 Å². The highest BCUT2D eigenvalue weighted by molar-refractivity contribution is 6.18. The normalized spacial score (nSPS) is 17.1. The van der Waals surface area contributed by atoms with Crippen LogP contribution in [0.1, 0.15) is 51.7 Å². The number of para-hydroxylation sites is 2. The lowest BCUT2D eigenvalue weighted by molar-refractivity contribution is 0.332. The zero-order chi connectivity index (χ0) is 23.2. The molecule has 0 bridgehead atoms. The van der Waals surface area contributed by atoms with E-state index in [4.69, 9.17) is 0 Å². The fraction of sp³-hybridized carbons (Fsp3) is 0.250. The quantitative estimate of drug-likeness (QED) is 0.263. The first-order valence-electron chi connectivity index (χ1n) is 12.4. The third-order valence-electron chi connectivity index (χ3n) is 8.38. The molecule has 1 aliphatic rings. The largest absolute Gasteiger partial charge is 0.354 e. The molecule has 0 atom stereocenters. The van der Waals surface area contributed by atoms with Crippen molar-refractivity contribution in [3.05, 3.63) is 90.0 Å². The van der Waals surface area contributed by atoms with Crippen molar-refractivity contribution in [3.8, 4) is 5.69 Å². The standard InChI is InChI=1S/C32H30N2/c1-31(2)14-15-32(3,4)26-19-28-22(16-25(26)31)23-18-30-24(17-27(23)33-28)21-12-8-9-13-29(21)34(30)20-10-6-5-7-11-20/h5-13,16-19,33H,14-15H2,1-4H3. The predicted octanol–water partition coefficient (Wildman–Crippen LogP) is 8.77. The Kier molecular flexibility index (Phi) is 3.83. The summed E-state index contributed by atoms with van der Waals surface area (Å²) in [4.78, 5) is 3.79. The number of rotatable bonds is 1. The summed E-state index contributed by atoms with van der Waals surface area (Å²) >= 11 is 0. The van der Waals surface area contributed by atoms with Gasteiger partial charge in [-0.1, -0.05) is 64.1 Å². The lowest BCUT2D eigenvalue weighted by Crippen LogP contribution is -2.33. The Morgan fingerprint density at radius 1 is 0.588 bits per heavy atom. The Morgan fingerprint density at radius 3 is 1.97 bits per heavy atom. The van der Waals surface area contributed by atoms with Crippen LogP contribution in [0.25, 0.3) is 49.3 Å². The third kappa shape index (κ3) is 2.63. The van der Waals surface area contributed by atoms with E-state index in [0.717, 1.165) is 0 Å². The molecule has 2 aromatic heterocycles. The van der Waals surface area contributed by atoms with E-state index in [1.54, 1.807) is 0 Å². The van der Waals surface area contributed by atoms with Gasteiger partial charge in [-0.2, -0.15) is 0 Å². The van der Waals surface area contributed by atoms with Gasteiger partial charge in [0.05, 0.1) is 11.0 Å². The maximum Gasteiger partial charge on any atom is 0.0548 e. The lowest BCUT2D eigenvalue weighted by atomic mass is 9.63. The van der Waals surface area contributed by atoms with E-state index in [0.29, 0.717) is 0 Å². The number of benzene rings is 4. The summed E-state index contributed by atoms with van der Waals surface area (Å²) in [6, 6.07) is 29.2. The topological polar surface area (TPSA) is 20.7 Å². The molecule has 0 saturated heterocycles. The summed E-state index contributed by atoms with van der Waals surface area (Å²) in [5.41, 5.74) is 9.62. The van der Waals surface area contributed by atoms with Crippen molar-refractivity contribution >= 4 is 43.6 Å². The molecule has 0 aliphatic heterocycles. The van der Waals surface area contributed by atoms with Crippen LogP contribution in [0.2, 0.25) is 0 Å². The molecule has 0 unspecified atom stereocenters. The molecule has 2 heteroatoms. The summed E-state index contributed by atoms with van der Waals surface area (Å²) in [5.74, 6) is 0. The molecule has 1 aliphatic carbocycles. The SMILES string of the molecule is CC1(C)CCC(C)(C)c2cc3c(cc21)[nH]c1cc2c4ccccc4n(-c4ccccc4)c2cc13. The number of nitrogens with one attached hydrogen (secondary N) is 1. The number of aromatic amines is 1. The van der Waals surface area contributed by atoms with Crippen LogP contribution in [-0.2, 0) is 10.8 Å². The van der Waals surface area contributed by atoms with Crippen LogP contribution < -0.4 is 0 Å². The van der Waals surface area contributed by atoms with Gasteiger partial charge >= 0.3 is 0 Å². The van der Waals surface area contributed by atoms with Crippen LogP contribution in [0, 0.1) is 0 Å². The monoisotopic (exact) mass is 442 g/mol. The Hall–Kier alpha value is -3.52. The molecule has 0 spiro atoms. The maximum absolute atomic E-state index is 3.79. The van der Waals surface area contributed by atoms with Gasteiger partial charge in [0.15, 0.2) is 0 Å². The van der Waals surface area contributed by atoms with Gasteiger partial charge < -0.3 is 9.55 Å². The molecule has 0 saturated carbocycles. The van der Waals surface area contributed by atoms with E-state index in [9.17, 15) is 0 Å². The molecule has 2 nitrogen and oxygen atoms in total. The van der Waals surface area contributed by atoms with Gasteiger partial charge in [-0.25, -0.2) is 0 Å². The number of aromatic nitrogens is 2. The first kappa shape index (κ1) is 19.9. The van der Waals surface area contributed by atoms with Crippen LogP contribution in [-0.4, -0.2) is 9.55 Å². The van der Waals surface area contributed by atoms with Crippen LogP contribution in [0.3, 0.4) is 0 Å². The average Bonchev–Trinajstić information content (AvgIpc) is 3.35. The third-order valence-corrected chi connectivity index (χ3v) is 8.38. The number of hydrogen-bond acceptors (Lipinski definition) is 0. The van der Waals surface area contributed by atoms with Gasteiger partial charge in [0, 0.05) is 38.3 Å². The van der Waals surface area contributed by atoms with Gasteiger partial charge in [0.2, 0.25) is 0 Å². The fourth-order valence-corrected chi connectivity index (χ4v) is 6.28. The molecule has 0 fully saturated rings. The van der Waals surface area contributed by atoms with Crippen LogP contribution in [0.4, 0.5) is 0 Å². The van der Waals surface area contributed by atoms with Crippen molar-refractivity contribution < 1.29 is 0 Å². The van der Waals surface area contributed by atoms with Crippen molar-refractivity contribution in [1.29, 1.82) is 0 Å². The number of fused-ring (bicyclic) bond motifs is 7. The van der Waals surface area contributed by atoms with Crippen LogP contribution >= 0.6 is 0 Å². The lowest BCUT2D eigenvalue weighted by Gasteiger charge is -2.41. The molecule has 168 valence electrons. The van der Waals surface area contributed by atoms with Crippen LogP contribution in [0.5, 0.6) is 0 Å². The first-order chi connectivity index (χ1) is 16.3. The minimum absolute atomic E-state index is 0.200. The van der Waals surface area contributed by atoms with E-state index in [1.807, 2.05) is 0 Å². The van der Waals surface area contributed by atoms with Gasteiger partial charge in [0.25, 0.3) is 0 Å². The molecule has 4 aromatic carbocycles.